The Kier molecular flexibility index (Phi) is 7.70. The maximum Gasteiger partial charge on any atom is 0.223 e. The molecule has 0 aliphatic heterocycles. The molecule has 0 bridgehead atoms. The Balaban J connectivity index is 0.00000288. The van der Waals surface area contributed by atoms with Gasteiger partial charge < -0.3 is 10.6 Å². The molecule has 1 amide bonds. The van der Waals surface area contributed by atoms with E-state index < -0.39 is 9.84 Å². The minimum Gasteiger partial charge on any atom is -0.338 e. The fourth-order valence-electron chi connectivity index (χ4n) is 2.92. The van der Waals surface area contributed by atoms with E-state index in [1.807, 2.05) is 35.2 Å². The number of hydrogen-bond donors (Lipinski definition) is 1. The molecule has 1 aromatic rings. The molecule has 0 unspecified atom stereocenters. The van der Waals surface area contributed by atoms with Gasteiger partial charge in [0.25, 0.3) is 0 Å². The van der Waals surface area contributed by atoms with Gasteiger partial charge in [-0.2, -0.15) is 0 Å². The minimum atomic E-state index is -3.06. The zero-order valence-electron chi connectivity index (χ0n) is 14.1. The highest BCUT2D eigenvalue weighted by Crippen LogP contribution is 2.50. The zero-order valence-corrected chi connectivity index (χ0v) is 15.7. The third-order valence-corrected chi connectivity index (χ3v) is 5.39. The second kappa shape index (κ2) is 8.83. The molecule has 24 heavy (non-hydrogen) atoms. The first-order valence-electron chi connectivity index (χ1n) is 8.03. The van der Waals surface area contributed by atoms with Crippen LogP contribution in [0.25, 0.3) is 0 Å². The number of carbonyl (C=O) groups excluding carboxylic acids is 1. The largest absolute Gasteiger partial charge is 0.338 e. The van der Waals surface area contributed by atoms with Crippen molar-refractivity contribution in [2.75, 3.05) is 25.1 Å². The molecule has 1 aliphatic carbocycles. The molecule has 2 rings (SSSR count). The quantitative estimate of drug-likeness (QED) is 0.716. The molecule has 0 saturated heterocycles. The molecule has 0 aromatic heterocycles. The minimum absolute atomic E-state index is 0. The van der Waals surface area contributed by atoms with E-state index in [1.165, 1.54) is 6.26 Å². The number of carbonyl (C=O) groups is 1. The summed E-state index contributed by atoms with van der Waals surface area (Å²) in [4.78, 5) is 14.5. The predicted molar refractivity (Wildman–Crippen MR) is 98.8 cm³/mol. The third kappa shape index (κ3) is 6.79. The Morgan fingerprint density at radius 2 is 1.88 bits per heavy atom. The summed E-state index contributed by atoms with van der Waals surface area (Å²) in [5, 5.41) is 0. The van der Waals surface area contributed by atoms with Crippen LogP contribution < -0.4 is 5.73 Å². The monoisotopic (exact) mass is 374 g/mol. The standard InChI is InChI=1S/C17H26N2O3S.ClH/c1-23(21,22)14-17(8-9-17)12-16(20)19(11-5-10-18)13-15-6-3-2-4-7-15;/h2-4,6-7H,5,8-14,18H2,1H3;1H. The normalized spacial score (nSPS) is 15.4. The molecule has 1 fully saturated rings. The molecule has 2 N–H and O–H groups in total. The van der Waals surface area contributed by atoms with Crippen LogP contribution in [0.15, 0.2) is 30.3 Å². The molecule has 0 radical (unpaired) electrons. The van der Waals surface area contributed by atoms with E-state index in [0.29, 0.717) is 26.1 Å². The van der Waals surface area contributed by atoms with Gasteiger partial charge in [-0.3, -0.25) is 4.79 Å². The summed E-state index contributed by atoms with van der Waals surface area (Å²) >= 11 is 0. The van der Waals surface area contributed by atoms with Crippen molar-refractivity contribution in [3.8, 4) is 0 Å². The van der Waals surface area contributed by atoms with E-state index in [1.54, 1.807) is 0 Å². The first-order chi connectivity index (χ1) is 10.8. The van der Waals surface area contributed by atoms with Gasteiger partial charge in [-0.1, -0.05) is 30.3 Å². The van der Waals surface area contributed by atoms with Crippen molar-refractivity contribution in [1.82, 2.24) is 4.90 Å². The van der Waals surface area contributed by atoms with Gasteiger partial charge in [0.05, 0.1) is 5.75 Å². The number of amides is 1. The molecule has 0 heterocycles. The van der Waals surface area contributed by atoms with Crippen LogP contribution in [0.1, 0.15) is 31.2 Å². The first-order valence-corrected chi connectivity index (χ1v) is 10.1. The Bertz CT molecular complexity index is 630. The number of nitrogens with two attached hydrogens (primary N) is 1. The SMILES string of the molecule is CS(=O)(=O)CC1(CC(=O)N(CCCN)Cc2ccccc2)CC1.Cl. The maximum atomic E-state index is 12.7. The Morgan fingerprint density at radius 3 is 2.38 bits per heavy atom. The van der Waals surface area contributed by atoms with Crippen molar-refractivity contribution in [1.29, 1.82) is 0 Å². The number of nitrogens with zero attached hydrogens (tertiary/aromatic N) is 1. The topological polar surface area (TPSA) is 80.5 Å². The summed E-state index contributed by atoms with van der Waals surface area (Å²) in [6.07, 6.45) is 3.95. The molecular formula is C17H27ClN2O3S. The smallest absolute Gasteiger partial charge is 0.223 e. The average Bonchev–Trinajstić information content (AvgIpc) is 3.21. The Morgan fingerprint density at radius 1 is 1.25 bits per heavy atom. The summed E-state index contributed by atoms with van der Waals surface area (Å²) in [5.74, 6) is 0.144. The fourth-order valence-corrected chi connectivity index (χ4v) is 4.42. The van der Waals surface area contributed by atoms with E-state index in [4.69, 9.17) is 5.73 Å². The summed E-state index contributed by atoms with van der Waals surface area (Å²) in [7, 11) is -3.06. The van der Waals surface area contributed by atoms with E-state index in [9.17, 15) is 13.2 Å². The van der Waals surface area contributed by atoms with Crippen LogP contribution in [0.4, 0.5) is 0 Å². The van der Waals surface area contributed by atoms with Crippen molar-refractivity contribution in [3.63, 3.8) is 0 Å². The van der Waals surface area contributed by atoms with E-state index in [-0.39, 0.29) is 29.5 Å². The lowest BCUT2D eigenvalue weighted by Crippen LogP contribution is -2.35. The average molecular weight is 375 g/mol. The molecule has 5 nitrogen and oxygen atoms in total. The zero-order chi connectivity index (χ0) is 16.9. The molecular weight excluding hydrogens is 348 g/mol. The summed E-state index contributed by atoms with van der Waals surface area (Å²) in [6.45, 7) is 1.70. The number of halogens is 1. The van der Waals surface area contributed by atoms with Gasteiger partial charge in [-0.05, 0) is 36.8 Å². The van der Waals surface area contributed by atoms with Gasteiger partial charge in [0, 0.05) is 25.8 Å². The summed E-state index contributed by atoms with van der Waals surface area (Å²) in [6, 6.07) is 9.83. The Labute approximate surface area is 150 Å². The van der Waals surface area contributed by atoms with Gasteiger partial charge >= 0.3 is 0 Å². The van der Waals surface area contributed by atoms with Gasteiger partial charge in [0.15, 0.2) is 0 Å². The predicted octanol–water partition coefficient (Wildman–Crippen LogP) is 2.00. The van der Waals surface area contributed by atoms with Crippen molar-refractivity contribution in [3.05, 3.63) is 35.9 Å². The van der Waals surface area contributed by atoms with E-state index >= 15 is 0 Å². The number of rotatable bonds is 9. The van der Waals surface area contributed by atoms with Crippen LogP contribution in [-0.4, -0.2) is 44.3 Å². The van der Waals surface area contributed by atoms with Crippen LogP contribution >= 0.6 is 12.4 Å². The third-order valence-electron chi connectivity index (χ3n) is 4.25. The molecule has 0 atom stereocenters. The van der Waals surface area contributed by atoms with Crippen molar-refractivity contribution < 1.29 is 13.2 Å². The summed E-state index contributed by atoms with van der Waals surface area (Å²) < 4.78 is 23.1. The van der Waals surface area contributed by atoms with Crippen LogP contribution in [0.5, 0.6) is 0 Å². The van der Waals surface area contributed by atoms with Crippen molar-refractivity contribution in [2.45, 2.75) is 32.2 Å². The van der Waals surface area contributed by atoms with Gasteiger partial charge in [-0.25, -0.2) is 8.42 Å². The number of sulfone groups is 1. The fraction of sp³-hybridized carbons (Fsp3) is 0.588. The lowest BCUT2D eigenvalue weighted by molar-refractivity contribution is -0.133. The molecule has 0 spiro atoms. The molecule has 1 aromatic carbocycles. The second-order valence-electron chi connectivity index (χ2n) is 6.69. The highest BCUT2D eigenvalue weighted by atomic mass is 35.5. The lowest BCUT2D eigenvalue weighted by atomic mass is 10.0. The molecule has 1 aliphatic rings. The van der Waals surface area contributed by atoms with Crippen LogP contribution in [0, 0.1) is 5.41 Å². The number of hydrogen-bond acceptors (Lipinski definition) is 4. The highest BCUT2D eigenvalue weighted by molar-refractivity contribution is 7.90. The molecule has 136 valence electrons. The lowest BCUT2D eigenvalue weighted by Gasteiger charge is -2.25. The van der Waals surface area contributed by atoms with Gasteiger partial charge in [0.1, 0.15) is 9.84 Å². The molecule has 1 saturated carbocycles. The highest BCUT2D eigenvalue weighted by Gasteiger charge is 2.47. The summed E-state index contributed by atoms with van der Waals surface area (Å²) in [5.41, 5.74) is 6.32. The Hall–Kier alpha value is -1.11. The van der Waals surface area contributed by atoms with Crippen LogP contribution in [0.3, 0.4) is 0 Å². The maximum absolute atomic E-state index is 12.7. The van der Waals surface area contributed by atoms with E-state index in [2.05, 4.69) is 0 Å². The van der Waals surface area contributed by atoms with Crippen LogP contribution in [-0.2, 0) is 21.2 Å². The first kappa shape index (κ1) is 20.9. The van der Waals surface area contributed by atoms with Crippen LogP contribution in [0.2, 0.25) is 0 Å². The number of benzene rings is 1. The molecule has 7 heteroatoms. The van der Waals surface area contributed by atoms with Crippen molar-refractivity contribution >= 4 is 28.2 Å². The van der Waals surface area contributed by atoms with E-state index in [0.717, 1.165) is 24.8 Å². The van der Waals surface area contributed by atoms with Gasteiger partial charge in [-0.15, -0.1) is 12.4 Å². The van der Waals surface area contributed by atoms with Gasteiger partial charge in [0.2, 0.25) is 5.91 Å². The van der Waals surface area contributed by atoms with Crippen molar-refractivity contribution in [2.24, 2.45) is 11.1 Å². The second-order valence-corrected chi connectivity index (χ2v) is 8.83.